The van der Waals surface area contributed by atoms with Gasteiger partial charge < -0.3 is 15.1 Å². The van der Waals surface area contributed by atoms with Crippen LogP contribution in [0.5, 0.6) is 0 Å². The summed E-state index contributed by atoms with van der Waals surface area (Å²) < 4.78 is 13.2. The molecule has 1 N–H and O–H groups in total. The van der Waals surface area contributed by atoms with Crippen molar-refractivity contribution in [1.29, 1.82) is 0 Å². The Labute approximate surface area is 150 Å². The number of nitrogens with one attached hydrogen (secondary N) is 1. The van der Waals surface area contributed by atoms with E-state index >= 15 is 0 Å². The van der Waals surface area contributed by atoms with Gasteiger partial charge in [0.1, 0.15) is 5.82 Å². The first-order valence-electron chi connectivity index (χ1n) is 8.22. The van der Waals surface area contributed by atoms with Crippen molar-refractivity contribution < 1.29 is 18.8 Å². The van der Waals surface area contributed by atoms with E-state index in [9.17, 15) is 18.8 Å². The minimum Gasteiger partial charge on any atom is -0.342 e. The molecule has 1 saturated heterocycles. The molecule has 0 radical (unpaired) electrons. The normalized spacial score (nSPS) is 14.0. The Balaban J connectivity index is 1.63. The Morgan fingerprint density at radius 2 is 1.62 bits per heavy atom. The molecule has 0 aromatic heterocycles. The molecule has 0 spiro atoms. The van der Waals surface area contributed by atoms with Gasteiger partial charge in [-0.3, -0.25) is 14.4 Å². The molecule has 6 nitrogen and oxygen atoms in total. The maximum Gasteiger partial charge on any atom is 0.255 e. The zero-order valence-electron chi connectivity index (χ0n) is 14.0. The van der Waals surface area contributed by atoms with Crippen molar-refractivity contribution in [3.63, 3.8) is 0 Å². The highest BCUT2D eigenvalue weighted by Gasteiger charge is 2.21. The minimum absolute atomic E-state index is 0.132. The quantitative estimate of drug-likeness (QED) is 0.853. The summed E-state index contributed by atoms with van der Waals surface area (Å²) in [4.78, 5) is 38.7. The van der Waals surface area contributed by atoms with Gasteiger partial charge in [0.2, 0.25) is 6.41 Å². The van der Waals surface area contributed by atoms with Gasteiger partial charge >= 0.3 is 0 Å². The SMILES string of the molecule is O=CN1CCN(C(=O)c2ccc(C(=O)Nc3cccc(F)c3)cc2)CC1. The number of benzene rings is 2. The number of halogens is 1. The van der Waals surface area contributed by atoms with Crippen LogP contribution >= 0.6 is 0 Å². The molecule has 2 aromatic rings. The number of hydrogen-bond acceptors (Lipinski definition) is 3. The van der Waals surface area contributed by atoms with E-state index in [1.165, 1.54) is 18.2 Å². The lowest BCUT2D eigenvalue weighted by atomic mass is 10.1. The number of carbonyl (C=O) groups is 3. The third kappa shape index (κ3) is 4.05. The van der Waals surface area contributed by atoms with Crippen molar-refractivity contribution in [3.8, 4) is 0 Å². The molecule has 2 aromatic carbocycles. The van der Waals surface area contributed by atoms with Crippen molar-refractivity contribution in [3.05, 3.63) is 65.5 Å². The van der Waals surface area contributed by atoms with Gasteiger partial charge in [-0.1, -0.05) is 6.07 Å². The van der Waals surface area contributed by atoms with Crippen molar-refractivity contribution in [2.24, 2.45) is 0 Å². The number of nitrogens with zero attached hydrogens (tertiary/aromatic N) is 2. The predicted molar refractivity (Wildman–Crippen MR) is 94.3 cm³/mol. The molecule has 0 bridgehead atoms. The number of amides is 3. The monoisotopic (exact) mass is 355 g/mol. The van der Waals surface area contributed by atoms with Gasteiger partial charge in [-0.05, 0) is 42.5 Å². The first kappa shape index (κ1) is 17.6. The molecule has 3 amide bonds. The Morgan fingerprint density at radius 1 is 0.962 bits per heavy atom. The molecule has 1 fully saturated rings. The van der Waals surface area contributed by atoms with Gasteiger partial charge in [-0.15, -0.1) is 0 Å². The van der Waals surface area contributed by atoms with Crippen LogP contribution in [0.1, 0.15) is 20.7 Å². The Morgan fingerprint density at radius 3 is 2.23 bits per heavy atom. The lowest BCUT2D eigenvalue weighted by molar-refractivity contribution is -0.119. The summed E-state index contributed by atoms with van der Waals surface area (Å²) in [6, 6.07) is 11.9. The highest BCUT2D eigenvalue weighted by Crippen LogP contribution is 2.13. The van der Waals surface area contributed by atoms with E-state index in [1.54, 1.807) is 40.1 Å². The zero-order chi connectivity index (χ0) is 18.5. The van der Waals surface area contributed by atoms with Gasteiger partial charge in [-0.2, -0.15) is 0 Å². The average Bonchev–Trinajstić information content (AvgIpc) is 2.67. The maximum atomic E-state index is 13.2. The molecule has 0 saturated carbocycles. The summed E-state index contributed by atoms with van der Waals surface area (Å²) in [6.45, 7) is 2.01. The van der Waals surface area contributed by atoms with E-state index in [4.69, 9.17) is 0 Å². The number of piperazine rings is 1. The fraction of sp³-hybridized carbons (Fsp3) is 0.211. The lowest BCUT2D eigenvalue weighted by Gasteiger charge is -2.32. The van der Waals surface area contributed by atoms with Crippen molar-refractivity contribution in [2.75, 3.05) is 31.5 Å². The van der Waals surface area contributed by atoms with Gasteiger partial charge in [0, 0.05) is 43.0 Å². The van der Waals surface area contributed by atoms with Gasteiger partial charge in [0.15, 0.2) is 0 Å². The smallest absolute Gasteiger partial charge is 0.255 e. The summed E-state index contributed by atoms with van der Waals surface area (Å²) in [7, 11) is 0. The topological polar surface area (TPSA) is 69.7 Å². The van der Waals surface area contributed by atoms with Crippen molar-refractivity contribution in [2.45, 2.75) is 0 Å². The van der Waals surface area contributed by atoms with Crippen molar-refractivity contribution >= 4 is 23.9 Å². The van der Waals surface area contributed by atoms with E-state index in [-0.39, 0.29) is 11.8 Å². The summed E-state index contributed by atoms with van der Waals surface area (Å²) in [5.74, 6) is -0.944. The second-order valence-electron chi connectivity index (χ2n) is 5.98. The van der Waals surface area contributed by atoms with Crippen LogP contribution in [-0.4, -0.2) is 54.2 Å². The molecular weight excluding hydrogens is 337 g/mol. The van der Waals surface area contributed by atoms with E-state index in [1.807, 2.05) is 0 Å². The molecule has 134 valence electrons. The Bertz CT molecular complexity index is 815. The lowest BCUT2D eigenvalue weighted by Crippen LogP contribution is -2.48. The summed E-state index contributed by atoms with van der Waals surface area (Å²) >= 11 is 0. The molecule has 3 rings (SSSR count). The molecule has 1 heterocycles. The fourth-order valence-electron chi connectivity index (χ4n) is 2.75. The van der Waals surface area contributed by atoms with E-state index in [0.717, 1.165) is 6.41 Å². The number of rotatable bonds is 4. The van der Waals surface area contributed by atoms with Crippen molar-refractivity contribution in [1.82, 2.24) is 9.80 Å². The van der Waals surface area contributed by atoms with E-state index in [2.05, 4.69) is 5.32 Å². The van der Waals surface area contributed by atoms with E-state index in [0.29, 0.717) is 43.0 Å². The molecule has 0 aliphatic carbocycles. The fourth-order valence-corrected chi connectivity index (χ4v) is 2.75. The van der Waals surface area contributed by atoms with Gasteiger partial charge in [0.05, 0.1) is 0 Å². The van der Waals surface area contributed by atoms with Crippen LogP contribution in [0.4, 0.5) is 10.1 Å². The van der Waals surface area contributed by atoms with E-state index < -0.39 is 5.82 Å². The van der Waals surface area contributed by atoms with Gasteiger partial charge in [-0.25, -0.2) is 4.39 Å². The average molecular weight is 355 g/mol. The second-order valence-corrected chi connectivity index (χ2v) is 5.98. The number of anilines is 1. The predicted octanol–water partition coefficient (Wildman–Crippen LogP) is 1.99. The van der Waals surface area contributed by atoms with Crippen LogP contribution in [-0.2, 0) is 4.79 Å². The maximum absolute atomic E-state index is 13.2. The Kier molecular flexibility index (Phi) is 5.26. The third-order valence-electron chi connectivity index (χ3n) is 4.23. The largest absolute Gasteiger partial charge is 0.342 e. The number of carbonyl (C=O) groups excluding carboxylic acids is 3. The highest BCUT2D eigenvalue weighted by atomic mass is 19.1. The second kappa shape index (κ2) is 7.77. The molecule has 1 aliphatic heterocycles. The van der Waals surface area contributed by atoms with Crippen LogP contribution in [0.3, 0.4) is 0 Å². The van der Waals surface area contributed by atoms with Crippen LogP contribution in [0, 0.1) is 5.82 Å². The van der Waals surface area contributed by atoms with Crippen LogP contribution in [0.25, 0.3) is 0 Å². The minimum atomic E-state index is -0.432. The van der Waals surface area contributed by atoms with Crippen LogP contribution in [0.15, 0.2) is 48.5 Å². The molecule has 26 heavy (non-hydrogen) atoms. The molecule has 7 heteroatoms. The zero-order valence-corrected chi connectivity index (χ0v) is 14.0. The molecule has 0 unspecified atom stereocenters. The van der Waals surface area contributed by atoms with Crippen LogP contribution < -0.4 is 5.32 Å². The first-order valence-corrected chi connectivity index (χ1v) is 8.22. The Hall–Kier alpha value is -3.22. The standard InChI is InChI=1S/C19H18FN3O3/c20-16-2-1-3-17(12-16)21-18(25)14-4-6-15(7-5-14)19(26)23-10-8-22(13-24)9-11-23/h1-7,12-13H,8-11H2,(H,21,25). The van der Waals surface area contributed by atoms with Crippen LogP contribution in [0.2, 0.25) is 0 Å². The molecular formula is C19H18FN3O3. The molecule has 0 atom stereocenters. The number of hydrogen-bond donors (Lipinski definition) is 1. The first-order chi connectivity index (χ1) is 12.6. The summed E-state index contributed by atoms with van der Waals surface area (Å²) in [6.07, 6.45) is 0.786. The summed E-state index contributed by atoms with van der Waals surface area (Å²) in [5.41, 5.74) is 1.21. The third-order valence-corrected chi connectivity index (χ3v) is 4.23. The van der Waals surface area contributed by atoms with Gasteiger partial charge in [0.25, 0.3) is 11.8 Å². The highest BCUT2D eigenvalue weighted by molar-refractivity contribution is 6.05. The molecule has 1 aliphatic rings. The summed E-state index contributed by atoms with van der Waals surface area (Å²) in [5, 5.41) is 2.61.